The van der Waals surface area contributed by atoms with E-state index in [1.54, 1.807) is 4.90 Å². The van der Waals surface area contributed by atoms with Crippen LogP contribution in [-0.2, 0) is 17.6 Å². The smallest absolute Gasteiger partial charge is 0.227 e. The van der Waals surface area contributed by atoms with E-state index in [-0.39, 0.29) is 5.91 Å². The number of likely N-dealkylation sites (tertiary alicyclic amines) is 1. The van der Waals surface area contributed by atoms with Gasteiger partial charge in [0.25, 0.3) is 0 Å². The lowest BCUT2D eigenvalue weighted by Crippen LogP contribution is -2.35. The maximum absolute atomic E-state index is 11.9. The van der Waals surface area contributed by atoms with Crippen molar-refractivity contribution in [1.29, 1.82) is 0 Å². The van der Waals surface area contributed by atoms with Gasteiger partial charge in [-0.3, -0.25) is 4.79 Å². The second kappa shape index (κ2) is 11.5. The Bertz CT molecular complexity index is 859. The predicted molar refractivity (Wildman–Crippen MR) is 131 cm³/mol. The molecule has 0 radical (unpaired) electrons. The molecule has 2 aromatic carbocycles. The van der Waals surface area contributed by atoms with Crippen molar-refractivity contribution in [2.45, 2.75) is 57.8 Å². The molecule has 4 rings (SSSR count). The summed E-state index contributed by atoms with van der Waals surface area (Å²) in [5, 5.41) is 0. The van der Waals surface area contributed by atoms with Crippen LogP contribution in [0.25, 0.3) is 0 Å². The van der Waals surface area contributed by atoms with Crippen LogP contribution in [0.5, 0.6) is 5.75 Å². The summed E-state index contributed by atoms with van der Waals surface area (Å²) >= 11 is 0. The molecule has 2 aromatic rings. The monoisotopic (exact) mass is 434 g/mol. The van der Waals surface area contributed by atoms with Crippen molar-refractivity contribution in [2.24, 2.45) is 5.92 Å². The summed E-state index contributed by atoms with van der Waals surface area (Å²) < 4.78 is 6.14. The van der Waals surface area contributed by atoms with E-state index in [0.29, 0.717) is 6.42 Å². The second-order valence-corrected chi connectivity index (χ2v) is 9.42. The first kappa shape index (κ1) is 22.8. The number of aryl methyl sites for hydroxylation is 1. The molecule has 1 amide bonds. The van der Waals surface area contributed by atoms with Crippen molar-refractivity contribution in [3.63, 3.8) is 0 Å². The fraction of sp³-hybridized carbons (Fsp3) is 0.536. The zero-order chi connectivity index (χ0) is 22.2. The molecule has 0 unspecified atom stereocenters. The molecule has 1 saturated heterocycles. The molecule has 0 aliphatic carbocycles. The highest BCUT2D eigenvalue weighted by atomic mass is 16.5. The minimum atomic E-state index is 0.189. The standard InChI is InChI=1S/C28H38N2O2/c1-29-26-13-7-14-27(25(26)15-16-28(29)31)32-22-8-19-30-20-17-24(18-21-30)12-6-5-11-23-9-3-2-4-10-23/h2-4,7,9-10,13-14,24H,5-6,8,11-12,15-22H2,1H3. The summed E-state index contributed by atoms with van der Waals surface area (Å²) in [6.07, 6.45) is 10.4. The molecule has 0 bridgehead atoms. The zero-order valence-electron chi connectivity index (χ0n) is 19.6. The molecule has 172 valence electrons. The van der Waals surface area contributed by atoms with Gasteiger partial charge in [0.05, 0.1) is 12.3 Å². The van der Waals surface area contributed by atoms with E-state index in [2.05, 4.69) is 35.2 Å². The van der Waals surface area contributed by atoms with E-state index in [4.69, 9.17) is 4.74 Å². The van der Waals surface area contributed by atoms with Crippen LogP contribution in [0.2, 0.25) is 0 Å². The highest BCUT2D eigenvalue weighted by molar-refractivity contribution is 5.96. The van der Waals surface area contributed by atoms with Crippen LogP contribution in [0.1, 0.15) is 56.1 Å². The van der Waals surface area contributed by atoms with Gasteiger partial charge in [0.2, 0.25) is 5.91 Å². The third kappa shape index (κ3) is 6.13. The van der Waals surface area contributed by atoms with E-state index < -0.39 is 0 Å². The maximum atomic E-state index is 11.9. The molecule has 4 nitrogen and oxygen atoms in total. The third-order valence-corrected chi connectivity index (χ3v) is 7.19. The molecule has 4 heteroatoms. The van der Waals surface area contributed by atoms with Crippen LogP contribution in [0.3, 0.4) is 0 Å². The van der Waals surface area contributed by atoms with Crippen LogP contribution in [0.4, 0.5) is 5.69 Å². The Kier molecular flexibility index (Phi) is 8.22. The van der Waals surface area contributed by atoms with Gasteiger partial charge in [-0.15, -0.1) is 0 Å². The van der Waals surface area contributed by atoms with Gasteiger partial charge in [0, 0.05) is 25.6 Å². The molecule has 0 saturated carbocycles. The first-order chi connectivity index (χ1) is 15.7. The molecular weight excluding hydrogens is 396 g/mol. The fourth-order valence-electron chi connectivity index (χ4n) is 5.16. The topological polar surface area (TPSA) is 32.8 Å². The number of rotatable bonds is 10. The predicted octanol–water partition coefficient (Wildman–Crippen LogP) is 5.49. The number of carbonyl (C=O) groups is 1. The number of nitrogens with zero attached hydrogens (tertiary/aromatic N) is 2. The maximum Gasteiger partial charge on any atom is 0.227 e. The highest BCUT2D eigenvalue weighted by Crippen LogP contribution is 2.34. The minimum absolute atomic E-state index is 0.189. The lowest BCUT2D eigenvalue weighted by atomic mass is 9.91. The molecule has 2 aliphatic heterocycles. The number of piperidine rings is 1. The van der Waals surface area contributed by atoms with Gasteiger partial charge in [-0.2, -0.15) is 0 Å². The van der Waals surface area contributed by atoms with Gasteiger partial charge in [-0.05, 0) is 75.2 Å². The fourth-order valence-corrected chi connectivity index (χ4v) is 5.16. The number of carbonyl (C=O) groups excluding carboxylic acids is 1. The number of benzene rings is 2. The average molecular weight is 435 g/mol. The average Bonchev–Trinajstić information content (AvgIpc) is 2.83. The van der Waals surface area contributed by atoms with E-state index in [1.165, 1.54) is 62.7 Å². The van der Waals surface area contributed by atoms with Crippen LogP contribution in [0.15, 0.2) is 48.5 Å². The van der Waals surface area contributed by atoms with Crippen molar-refractivity contribution in [3.8, 4) is 5.75 Å². The van der Waals surface area contributed by atoms with Crippen molar-refractivity contribution >= 4 is 11.6 Å². The Morgan fingerprint density at radius 3 is 2.56 bits per heavy atom. The first-order valence-electron chi connectivity index (χ1n) is 12.5. The van der Waals surface area contributed by atoms with E-state index in [1.807, 2.05) is 25.2 Å². The molecule has 0 atom stereocenters. The van der Waals surface area contributed by atoms with Crippen molar-refractivity contribution < 1.29 is 9.53 Å². The molecular formula is C28H38N2O2. The molecule has 0 N–H and O–H groups in total. The van der Waals surface area contributed by atoms with Gasteiger partial charge >= 0.3 is 0 Å². The summed E-state index contributed by atoms with van der Waals surface area (Å²) in [5.41, 5.74) is 3.66. The van der Waals surface area contributed by atoms with Crippen molar-refractivity contribution in [2.75, 3.05) is 38.2 Å². The number of fused-ring (bicyclic) bond motifs is 1. The van der Waals surface area contributed by atoms with Gasteiger partial charge in [0.1, 0.15) is 5.75 Å². The summed E-state index contributed by atoms with van der Waals surface area (Å²) in [6, 6.07) is 16.9. The largest absolute Gasteiger partial charge is 0.493 e. The summed E-state index contributed by atoms with van der Waals surface area (Å²) in [5.74, 6) is 2.05. The van der Waals surface area contributed by atoms with Crippen LogP contribution in [0, 0.1) is 5.92 Å². The Labute approximate surface area is 193 Å². The number of hydrogen-bond acceptors (Lipinski definition) is 3. The van der Waals surface area contributed by atoms with Crippen LogP contribution < -0.4 is 9.64 Å². The number of unbranched alkanes of at least 4 members (excludes halogenated alkanes) is 1. The Morgan fingerprint density at radius 2 is 1.75 bits per heavy atom. The van der Waals surface area contributed by atoms with E-state index in [0.717, 1.165) is 43.3 Å². The lowest BCUT2D eigenvalue weighted by molar-refractivity contribution is -0.118. The Morgan fingerprint density at radius 1 is 0.938 bits per heavy atom. The van der Waals surface area contributed by atoms with Gasteiger partial charge in [-0.25, -0.2) is 0 Å². The lowest BCUT2D eigenvalue weighted by Gasteiger charge is -2.32. The van der Waals surface area contributed by atoms with Crippen LogP contribution >= 0.6 is 0 Å². The summed E-state index contributed by atoms with van der Waals surface area (Å²) in [7, 11) is 1.86. The quantitative estimate of drug-likeness (QED) is 0.464. The Balaban J connectivity index is 1.10. The number of amides is 1. The molecule has 0 aromatic heterocycles. The van der Waals surface area contributed by atoms with Crippen molar-refractivity contribution in [1.82, 2.24) is 4.90 Å². The highest BCUT2D eigenvalue weighted by Gasteiger charge is 2.23. The molecule has 2 aliphatic rings. The zero-order valence-corrected chi connectivity index (χ0v) is 19.6. The van der Waals surface area contributed by atoms with E-state index in [9.17, 15) is 4.79 Å². The number of anilines is 1. The summed E-state index contributed by atoms with van der Waals surface area (Å²) in [6.45, 7) is 4.33. The minimum Gasteiger partial charge on any atom is -0.493 e. The first-order valence-corrected chi connectivity index (χ1v) is 12.5. The summed E-state index contributed by atoms with van der Waals surface area (Å²) in [4.78, 5) is 16.3. The Hall–Kier alpha value is -2.33. The SMILES string of the molecule is CN1C(=O)CCc2c(OCCCN3CCC(CCCCc4ccccc4)CC3)cccc21. The van der Waals surface area contributed by atoms with Gasteiger partial charge < -0.3 is 14.5 Å². The molecule has 2 heterocycles. The normalized spacial score (nSPS) is 17.4. The second-order valence-electron chi connectivity index (χ2n) is 9.42. The molecule has 32 heavy (non-hydrogen) atoms. The van der Waals surface area contributed by atoms with Crippen LogP contribution in [-0.4, -0.2) is 44.1 Å². The van der Waals surface area contributed by atoms with E-state index >= 15 is 0 Å². The van der Waals surface area contributed by atoms with Crippen molar-refractivity contribution in [3.05, 3.63) is 59.7 Å². The number of hydrogen-bond donors (Lipinski definition) is 0. The van der Waals surface area contributed by atoms with Gasteiger partial charge in [0.15, 0.2) is 0 Å². The number of ether oxygens (including phenoxy) is 1. The van der Waals surface area contributed by atoms with Gasteiger partial charge in [-0.1, -0.05) is 49.2 Å². The third-order valence-electron chi connectivity index (χ3n) is 7.19. The molecule has 1 fully saturated rings. The molecule has 0 spiro atoms.